The highest BCUT2D eigenvalue weighted by Gasteiger charge is 2.30. The van der Waals surface area contributed by atoms with E-state index in [1.165, 1.54) is 0 Å². The molecule has 2 N–H and O–H groups in total. The van der Waals surface area contributed by atoms with Crippen LogP contribution < -0.4 is 5.32 Å². The molecule has 0 aromatic heterocycles. The summed E-state index contributed by atoms with van der Waals surface area (Å²) in [4.78, 5) is 23.8. The number of amides is 1. The highest BCUT2D eigenvalue weighted by atomic mass is 79.9. The molecule has 0 heterocycles. The van der Waals surface area contributed by atoms with Gasteiger partial charge in [0.15, 0.2) is 0 Å². The van der Waals surface area contributed by atoms with Gasteiger partial charge in [0.25, 0.3) is 0 Å². The van der Waals surface area contributed by atoms with E-state index in [0.29, 0.717) is 11.3 Å². The van der Waals surface area contributed by atoms with Crippen molar-refractivity contribution in [2.24, 2.45) is 0 Å². The summed E-state index contributed by atoms with van der Waals surface area (Å²) in [5.74, 6) is -1.67. The fourth-order valence-corrected chi connectivity index (χ4v) is 2.58. The van der Waals surface area contributed by atoms with Gasteiger partial charge < -0.3 is 10.4 Å². The number of anilines is 1. The summed E-state index contributed by atoms with van der Waals surface area (Å²) < 4.78 is 0.956. The first-order chi connectivity index (χ1) is 11.2. The van der Waals surface area contributed by atoms with Crippen LogP contribution in [0.2, 0.25) is 0 Å². The van der Waals surface area contributed by atoms with Crippen LogP contribution in [0.25, 0.3) is 0 Å². The molecule has 5 heteroatoms. The Morgan fingerprint density at radius 3 is 2.33 bits per heavy atom. The number of benzene rings is 2. The Bertz CT molecular complexity index is 753. The van der Waals surface area contributed by atoms with Crippen LogP contribution in [0.3, 0.4) is 0 Å². The molecule has 0 fully saturated rings. The minimum absolute atomic E-state index is 0.148. The van der Waals surface area contributed by atoms with E-state index in [2.05, 4.69) is 21.2 Å². The summed E-state index contributed by atoms with van der Waals surface area (Å²) in [5.41, 5.74) is 1.44. The summed E-state index contributed by atoms with van der Waals surface area (Å²) in [6.45, 7) is 5.33. The molecular formula is C19H20BrNO3. The lowest BCUT2D eigenvalue weighted by Crippen LogP contribution is -2.34. The van der Waals surface area contributed by atoms with E-state index in [4.69, 9.17) is 5.11 Å². The molecule has 0 aliphatic rings. The van der Waals surface area contributed by atoms with Gasteiger partial charge >= 0.3 is 5.97 Å². The fourth-order valence-electron chi connectivity index (χ4n) is 2.31. The van der Waals surface area contributed by atoms with Crippen molar-refractivity contribution in [3.63, 3.8) is 0 Å². The summed E-state index contributed by atoms with van der Waals surface area (Å²) in [7, 11) is 0. The van der Waals surface area contributed by atoms with Crippen molar-refractivity contribution in [3.8, 4) is 0 Å². The molecule has 0 aliphatic carbocycles. The number of hydrogen-bond acceptors (Lipinski definition) is 2. The van der Waals surface area contributed by atoms with Crippen LogP contribution in [0.4, 0.5) is 5.69 Å². The zero-order valence-corrected chi connectivity index (χ0v) is 15.4. The van der Waals surface area contributed by atoms with Crippen LogP contribution in [0, 0.1) is 0 Å². The maximum absolute atomic E-state index is 12.7. The molecule has 4 nitrogen and oxygen atoms in total. The van der Waals surface area contributed by atoms with Gasteiger partial charge in [-0.05, 0) is 56.2 Å². The van der Waals surface area contributed by atoms with E-state index < -0.39 is 17.3 Å². The van der Waals surface area contributed by atoms with Crippen LogP contribution in [-0.2, 0) is 15.0 Å². The largest absolute Gasteiger partial charge is 0.481 e. The average Bonchev–Trinajstić information content (AvgIpc) is 2.54. The third-order valence-electron chi connectivity index (χ3n) is 4.15. The minimum atomic E-state index is -0.895. The Kier molecular flexibility index (Phi) is 5.44. The second-order valence-electron chi connectivity index (χ2n) is 6.27. The van der Waals surface area contributed by atoms with Crippen molar-refractivity contribution in [3.05, 3.63) is 64.1 Å². The van der Waals surface area contributed by atoms with Gasteiger partial charge in [-0.15, -0.1) is 0 Å². The first-order valence-electron chi connectivity index (χ1n) is 7.62. The fraction of sp³-hybridized carbons (Fsp3) is 0.263. The Labute approximate surface area is 150 Å². The topological polar surface area (TPSA) is 66.4 Å². The molecule has 0 radical (unpaired) electrons. The van der Waals surface area contributed by atoms with Crippen LogP contribution in [0.15, 0.2) is 53.0 Å². The quantitative estimate of drug-likeness (QED) is 0.787. The number of carbonyl (C=O) groups is 2. The molecule has 1 unspecified atom stereocenters. The van der Waals surface area contributed by atoms with E-state index in [-0.39, 0.29) is 5.91 Å². The van der Waals surface area contributed by atoms with Crippen molar-refractivity contribution >= 4 is 33.5 Å². The summed E-state index contributed by atoms with van der Waals surface area (Å²) in [6, 6.07) is 14.6. The second-order valence-corrected chi connectivity index (χ2v) is 7.19. The number of aliphatic carboxylic acids is 1. The highest BCUT2D eigenvalue weighted by Crippen LogP contribution is 2.27. The predicted molar refractivity (Wildman–Crippen MR) is 98.3 cm³/mol. The number of carbonyl (C=O) groups excluding carboxylic acids is 1. The SMILES string of the molecule is CC(C(=O)O)c1cccc(NC(=O)C(C)(C)c2ccc(Br)cc2)c1. The molecule has 1 amide bonds. The smallest absolute Gasteiger partial charge is 0.310 e. The van der Waals surface area contributed by atoms with Gasteiger partial charge in [0, 0.05) is 10.2 Å². The van der Waals surface area contributed by atoms with Crippen molar-refractivity contribution in [2.75, 3.05) is 5.32 Å². The van der Waals surface area contributed by atoms with Gasteiger partial charge in [0.05, 0.1) is 11.3 Å². The molecule has 1 atom stereocenters. The Balaban J connectivity index is 2.21. The molecule has 0 bridgehead atoms. The first-order valence-corrected chi connectivity index (χ1v) is 8.41. The molecule has 2 aromatic rings. The number of halogens is 1. The Hall–Kier alpha value is -2.14. The van der Waals surface area contributed by atoms with Crippen molar-refractivity contribution in [2.45, 2.75) is 32.1 Å². The normalized spacial score (nSPS) is 12.5. The molecule has 0 aliphatic heterocycles. The lowest BCUT2D eigenvalue weighted by Gasteiger charge is -2.24. The highest BCUT2D eigenvalue weighted by molar-refractivity contribution is 9.10. The van der Waals surface area contributed by atoms with E-state index in [1.54, 1.807) is 31.2 Å². The zero-order chi connectivity index (χ0) is 17.9. The van der Waals surface area contributed by atoms with Crippen LogP contribution in [0.1, 0.15) is 37.8 Å². The molecule has 2 rings (SSSR count). The molecule has 24 heavy (non-hydrogen) atoms. The lowest BCUT2D eigenvalue weighted by molar-refractivity contribution is -0.138. The minimum Gasteiger partial charge on any atom is -0.481 e. The number of nitrogens with one attached hydrogen (secondary N) is 1. The van der Waals surface area contributed by atoms with Gasteiger partial charge in [-0.2, -0.15) is 0 Å². The molecule has 126 valence electrons. The number of carboxylic acids is 1. The van der Waals surface area contributed by atoms with Crippen molar-refractivity contribution in [1.82, 2.24) is 0 Å². The van der Waals surface area contributed by atoms with E-state index >= 15 is 0 Å². The Morgan fingerprint density at radius 2 is 1.75 bits per heavy atom. The molecule has 0 saturated heterocycles. The van der Waals surface area contributed by atoms with Crippen molar-refractivity contribution in [1.29, 1.82) is 0 Å². The van der Waals surface area contributed by atoms with Crippen LogP contribution in [-0.4, -0.2) is 17.0 Å². The first kappa shape index (κ1) is 18.2. The standard InChI is InChI=1S/C19H20BrNO3/c1-12(17(22)23)13-5-4-6-16(11-13)21-18(24)19(2,3)14-7-9-15(20)10-8-14/h4-12H,1-3H3,(H,21,24)(H,22,23). The van der Waals surface area contributed by atoms with Gasteiger partial charge in [-0.3, -0.25) is 9.59 Å². The lowest BCUT2D eigenvalue weighted by atomic mass is 9.83. The number of rotatable bonds is 5. The average molecular weight is 390 g/mol. The molecule has 0 saturated carbocycles. The number of hydrogen-bond donors (Lipinski definition) is 2. The van der Waals surface area contributed by atoms with Crippen LogP contribution in [0.5, 0.6) is 0 Å². The van der Waals surface area contributed by atoms with Gasteiger partial charge in [-0.1, -0.05) is 40.2 Å². The number of carboxylic acid groups (broad SMARTS) is 1. The van der Waals surface area contributed by atoms with Gasteiger partial charge in [0.2, 0.25) is 5.91 Å². The maximum atomic E-state index is 12.7. The Morgan fingerprint density at radius 1 is 1.12 bits per heavy atom. The third kappa shape index (κ3) is 4.03. The van der Waals surface area contributed by atoms with Crippen molar-refractivity contribution < 1.29 is 14.7 Å². The summed E-state index contributed by atoms with van der Waals surface area (Å²) in [6.07, 6.45) is 0. The summed E-state index contributed by atoms with van der Waals surface area (Å²) in [5, 5.41) is 12.0. The third-order valence-corrected chi connectivity index (χ3v) is 4.68. The monoisotopic (exact) mass is 389 g/mol. The van der Waals surface area contributed by atoms with E-state index in [1.807, 2.05) is 38.1 Å². The second kappa shape index (κ2) is 7.18. The zero-order valence-electron chi connectivity index (χ0n) is 13.8. The van der Waals surface area contributed by atoms with E-state index in [9.17, 15) is 9.59 Å². The van der Waals surface area contributed by atoms with E-state index in [0.717, 1.165) is 10.0 Å². The van der Waals surface area contributed by atoms with Crippen LogP contribution >= 0.6 is 15.9 Å². The molecule has 0 spiro atoms. The maximum Gasteiger partial charge on any atom is 0.310 e. The molecular weight excluding hydrogens is 370 g/mol. The van der Waals surface area contributed by atoms with Gasteiger partial charge in [-0.25, -0.2) is 0 Å². The predicted octanol–water partition coefficient (Wildman–Crippen LogP) is 4.55. The summed E-state index contributed by atoms with van der Waals surface area (Å²) >= 11 is 3.39. The molecule has 2 aromatic carbocycles. The van der Waals surface area contributed by atoms with Gasteiger partial charge in [0.1, 0.15) is 0 Å².